The molecular formula is C27H34F3N3O4S. The van der Waals surface area contributed by atoms with Crippen molar-refractivity contribution < 1.29 is 31.5 Å². The molecule has 2 aliphatic rings. The van der Waals surface area contributed by atoms with Crippen molar-refractivity contribution >= 4 is 15.7 Å². The molecular weight excluding hydrogens is 519 g/mol. The number of pyridine rings is 1. The average Bonchev–Trinajstić information content (AvgIpc) is 3.21. The highest BCUT2D eigenvalue weighted by atomic mass is 32.2. The van der Waals surface area contributed by atoms with Gasteiger partial charge in [-0.15, -0.1) is 0 Å². The van der Waals surface area contributed by atoms with E-state index in [4.69, 9.17) is 0 Å². The van der Waals surface area contributed by atoms with Crippen LogP contribution < -0.4 is 5.32 Å². The first-order chi connectivity index (χ1) is 17.9. The quantitative estimate of drug-likeness (QED) is 0.497. The number of hydrogen-bond donors (Lipinski definition) is 2. The normalized spacial score (nSPS) is 23.2. The molecule has 7 nitrogen and oxygen atoms in total. The Labute approximate surface area is 221 Å². The molecule has 4 rings (SSSR count). The molecule has 2 atom stereocenters. The molecule has 0 radical (unpaired) electrons. The number of alkyl halides is 3. The minimum absolute atomic E-state index is 0.00514. The molecule has 0 spiro atoms. The highest BCUT2D eigenvalue weighted by Crippen LogP contribution is 2.41. The van der Waals surface area contributed by atoms with Crippen molar-refractivity contribution in [2.75, 3.05) is 18.9 Å². The number of fused-ring (bicyclic) bond motifs is 1. The summed E-state index contributed by atoms with van der Waals surface area (Å²) in [5.41, 5.74) is 2.68. The minimum atomic E-state index is -4.11. The summed E-state index contributed by atoms with van der Waals surface area (Å²) in [6.07, 6.45) is -1.16. The van der Waals surface area contributed by atoms with Crippen LogP contribution in [0.25, 0.3) is 0 Å². The highest BCUT2D eigenvalue weighted by Gasteiger charge is 2.42. The first-order valence-electron chi connectivity index (χ1n) is 13.0. The number of benzene rings is 1. The lowest BCUT2D eigenvalue weighted by Gasteiger charge is -2.33. The van der Waals surface area contributed by atoms with E-state index in [9.17, 15) is 31.5 Å². The summed E-state index contributed by atoms with van der Waals surface area (Å²) in [6, 6.07) is 7.14. The van der Waals surface area contributed by atoms with Crippen molar-refractivity contribution in [3.05, 3.63) is 58.9 Å². The predicted octanol–water partition coefficient (Wildman–Crippen LogP) is 4.58. The molecule has 0 unspecified atom stereocenters. The Hall–Kier alpha value is -2.50. The van der Waals surface area contributed by atoms with Crippen LogP contribution in [-0.4, -0.2) is 54.4 Å². The van der Waals surface area contributed by atoms with E-state index in [1.165, 1.54) is 18.3 Å². The first kappa shape index (κ1) is 28.5. The molecule has 38 heavy (non-hydrogen) atoms. The van der Waals surface area contributed by atoms with Gasteiger partial charge in [-0.05, 0) is 67.9 Å². The molecule has 1 amide bonds. The fourth-order valence-electron chi connectivity index (χ4n) is 5.45. The van der Waals surface area contributed by atoms with Crippen molar-refractivity contribution in [1.82, 2.24) is 15.2 Å². The number of halogens is 3. The smallest absolute Gasteiger partial charge is 0.391 e. The Bertz CT molecular complexity index is 1240. The molecule has 0 bridgehead atoms. The molecule has 1 aromatic heterocycles. The van der Waals surface area contributed by atoms with E-state index in [0.29, 0.717) is 37.1 Å². The lowest BCUT2D eigenvalue weighted by atomic mass is 9.81. The summed E-state index contributed by atoms with van der Waals surface area (Å²) >= 11 is 0. The van der Waals surface area contributed by atoms with Gasteiger partial charge in [-0.3, -0.25) is 14.7 Å². The van der Waals surface area contributed by atoms with E-state index >= 15 is 0 Å². The van der Waals surface area contributed by atoms with Gasteiger partial charge in [-0.1, -0.05) is 19.1 Å². The summed E-state index contributed by atoms with van der Waals surface area (Å²) in [4.78, 5) is 19.9. The van der Waals surface area contributed by atoms with Gasteiger partial charge in [0.05, 0.1) is 40.5 Å². The Morgan fingerprint density at radius 3 is 2.42 bits per heavy atom. The maximum Gasteiger partial charge on any atom is 0.391 e. The van der Waals surface area contributed by atoms with Crippen LogP contribution in [0, 0.1) is 11.8 Å². The SMILES string of the molecule is CCS(=O)(=O)c1ccc([C@H](CO)NC(=O)c2cnc3c(c2)CN(CC2CCC(C(F)(F)F)CC2)[C@H]3C)cc1. The number of carbonyl (C=O) groups excluding carboxylic acids is 1. The number of sulfone groups is 1. The Morgan fingerprint density at radius 2 is 1.84 bits per heavy atom. The molecule has 0 saturated heterocycles. The highest BCUT2D eigenvalue weighted by molar-refractivity contribution is 7.91. The molecule has 1 aliphatic carbocycles. The van der Waals surface area contributed by atoms with Crippen LogP contribution in [0.15, 0.2) is 41.4 Å². The molecule has 208 valence electrons. The van der Waals surface area contributed by atoms with Gasteiger partial charge < -0.3 is 10.4 Å². The zero-order valence-corrected chi connectivity index (χ0v) is 22.4. The second-order valence-corrected chi connectivity index (χ2v) is 12.6. The topological polar surface area (TPSA) is 99.6 Å². The van der Waals surface area contributed by atoms with Gasteiger partial charge in [-0.25, -0.2) is 8.42 Å². The van der Waals surface area contributed by atoms with E-state index in [-0.39, 0.29) is 42.1 Å². The van der Waals surface area contributed by atoms with Crippen LogP contribution in [0.5, 0.6) is 0 Å². The number of rotatable bonds is 8. The Kier molecular flexibility index (Phi) is 8.49. The summed E-state index contributed by atoms with van der Waals surface area (Å²) in [6.45, 7) is 4.48. The van der Waals surface area contributed by atoms with Gasteiger partial charge >= 0.3 is 6.18 Å². The second-order valence-electron chi connectivity index (χ2n) is 10.3. The standard InChI is InChI=1S/C27H34F3N3O4S/c1-3-38(36,37)23-10-6-19(7-11-23)24(16-34)32-26(35)20-12-21-15-33(17(2)25(21)31-13-20)14-18-4-8-22(9-5-18)27(28,29)30/h6-7,10-13,17-18,22,24,34H,3-5,8-9,14-16H2,1-2H3,(H,32,35)/t17-,18?,22?,24-/m0/s1. The largest absolute Gasteiger partial charge is 0.394 e. The summed E-state index contributed by atoms with van der Waals surface area (Å²) in [7, 11) is -3.35. The monoisotopic (exact) mass is 553 g/mol. The van der Waals surface area contributed by atoms with Gasteiger partial charge in [0, 0.05) is 25.3 Å². The van der Waals surface area contributed by atoms with E-state index in [1.807, 2.05) is 6.92 Å². The average molecular weight is 554 g/mol. The van der Waals surface area contributed by atoms with E-state index in [1.54, 1.807) is 25.1 Å². The second kappa shape index (κ2) is 11.3. The van der Waals surface area contributed by atoms with Gasteiger partial charge in [0.15, 0.2) is 9.84 Å². The zero-order valence-electron chi connectivity index (χ0n) is 21.5. The predicted molar refractivity (Wildman–Crippen MR) is 136 cm³/mol. The zero-order chi connectivity index (χ0) is 27.7. The Balaban J connectivity index is 1.38. The lowest BCUT2D eigenvalue weighted by Crippen LogP contribution is -2.33. The molecule has 11 heteroatoms. The van der Waals surface area contributed by atoms with Crippen LogP contribution in [0.3, 0.4) is 0 Å². The molecule has 1 aliphatic heterocycles. The van der Waals surface area contributed by atoms with Crippen molar-refractivity contribution in [2.45, 2.75) is 69.2 Å². The number of aromatic nitrogens is 1. The maximum atomic E-state index is 13.0. The summed E-state index contributed by atoms with van der Waals surface area (Å²) in [5, 5.41) is 12.7. The maximum absolute atomic E-state index is 13.0. The van der Waals surface area contributed by atoms with Crippen molar-refractivity contribution in [2.24, 2.45) is 11.8 Å². The number of aliphatic hydroxyl groups excluding tert-OH is 1. The van der Waals surface area contributed by atoms with Crippen molar-refractivity contribution in [1.29, 1.82) is 0 Å². The minimum Gasteiger partial charge on any atom is -0.394 e. The first-order valence-corrected chi connectivity index (χ1v) is 14.6. The molecule has 1 fully saturated rings. The molecule has 2 aromatic rings. The number of aliphatic hydroxyl groups is 1. The van der Waals surface area contributed by atoms with Crippen LogP contribution in [0.2, 0.25) is 0 Å². The van der Waals surface area contributed by atoms with Gasteiger partial charge in [0.2, 0.25) is 0 Å². The van der Waals surface area contributed by atoms with Crippen LogP contribution in [0.4, 0.5) is 13.2 Å². The van der Waals surface area contributed by atoms with E-state index in [2.05, 4.69) is 15.2 Å². The van der Waals surface area contributed by atoms with Gasteiger partial charge in [0.1, 0.15) is 0 Å². The van der Waals surface area contributed by atoms with Crippen LogP contribution in [0.1, 0.15) is 78.8 Å². The third-order valence-electron chi connectivity index (χ3n) is 7.89. The van der Waals surface area contributed by atoms with Crippen LogP contribution >= 0.6 is 0 Å². The van der Waals surface area contributed by atoms with Gasteiger partial charge in [-0.2, -0.15) is 13.2 Å². The summed E-state index contributed by atoms with van der Waals surface area (Å²) in [5.74, 6) is -1.43. The molecule has 2 N–H and O–H groups in total. The van der Waals surface area contributed by atoms with Crippen LogP contribution in [-0.2, 0) is 16.4 Å². The number of carbonyl (C=O) groups is 1. The van der Waals surface area contributed by atoms with Crippen molar-refractivity contribution in [3.63, 3.8) is 0 Å². The number of nitrogens with one attached hydrogen (secondary N) is 1. The van der Waals surface area contributed by atoms with Gasteiger partial charge in [0.25, 0.3) is 5.91 Å². The molecule has 1 saturated carbocycles. The summed E-state index contributed by atoms with van der Waals surface area (Å²) < 4.78 is 63.1. The fraction of sp³-hybridized carbons (Fsp3) is 0.556. The van der Waals surface area contributed by atoms with Crippen molar-refractivity contribution in [3.8, 4) is 0 Å². The van der Waals surface area contributed by atoms with E-state index in [0.717, 1.165) is 11.3 Å². The molecule has 2 heterocycles. The lowest BCUT2D eigenvalue weighted by molar-refractivity contribution is -0.184. The van der Waals surface area contributed by atoms with E-state index < -0.39 is 33.9 Å². The third-order valence-corrected chi connectivity index (χ3v) is 9.64. The Morgan fingerprint density at radius 1 is 1.18 bits per heavy atom. The number of hydrogen-bond acceptors (Lipinski definition) is 6. The third kappa shape index (κ3) is 6.21. The number of amides is 1. The fourth-order valence-corrected chi connectivity index (χ4v) is 6.34. The molecule has 1 aromatic carbocycles. The number of nitrogens with zero attached hydrogens (tertiary/aromatic N) is 2.